The second-order valence-corrected chi connectivity index (χ2v) is 8.66. The number of hydrogen-bond donors (Lipinski definition) is 0. The van der Waals surface area contributed by atoms with Gasteiger partial charge in [0.15, 0.2) is 5.65 Å². The summed E-state index contributed by atoms with van der Waals surface area (Å²) in [6.07, 6.45) is 2.87. The van der Waals surface area contributed by atoms with Gasteiger partial charge >= 0.3 is 5.69 Å². The van der Waals surface area contributed by atoms with Crippen molar-refractivity contribution in [2.45, 2.75) is 32.9 Å². The summed E-state index contributed by atoms with van der Waals surface area (Å²) < 4.78 is 9.07. The zero-order valence-corrected chi connectivity index (χ0v) is 19.4. The molecular weight excluding hydrogens is 404 g/mol. The predicted molar refractivity (Wildman–Crippen MR) is 127 cm³/mol. The molecule has 0 amide bonds. The van der Waals surface area contributed by atoms with Gasteiger partial charge in [0.05, 0.1) is 17.8 Å². The van der Waals surface area contributed by atoms with E-state index < -0.39 is 0 Å². The molecule has 0 aliphatic carbocycles. The number of rotatable bonds is 8. The number of hydrogen-bond acceptors (Lipinski definition) is 6. The molecule has 4 aromatic rings. The van der Waals surface area contributed by atoms with E-state index in [1.165, 1.54) is 0 Å². The monoisotopic (exact) mass is 434 g/mol. The van der Waals surface area contributed by atoms with Gasteiger partial charge in [-0.3, -0.25) is 14.1 Å². The van der Waals surface area contributed by atoms with Crippen molar-refractivity contribution in [3.05, 3.63) is 52.7 Å². The fraction of sp³-hybridized carbons (Fsp3) is 0.417. The van der Waals surface area contributed by atoms with Gasteiger partial charge in [-0.05, 0) is 64.7 Å². The van der Waals surface area contributed by atoms with Crippen LogP contribution in [0.1, 0.15) is 32.0 Å². The minimum atomic E-state index is -0.0844. The Morgan fingerprint density at radius 3 is 2.56 bits per heavy atom. The van der Waals surface area contributed by atoms with Crippen molar-refractivity contribution >= 4 is 22.1 Å². The Labute approximate surface area is 187 Å². The molecule has 8 nitrogen and oxygen atoms in total. The maximum Gasteiger partial charge on any atom is 0.330 e. The van der Waals surface area contributed by atoms with Crippen LogP contribution in [0.5, 0.6) is 0 Å². The van der Waals surface area contributed by atoms with Gasteiger partial charge in [0.1, 0.15) is 5.52 Å². The van der Waals surface area contributed by atoms with Crippen LogP contribution in [-0.4, -0.2) is 56.5 Å². The van der Waals surface area contributed by atoms with E-state index in [2.05, 4.69) is 46.3 Å². The molecule has 32 heavy (non-hydrogen) atoms. The Balaban J connectivity index is 1.63. The van der Waals surface area contributed by atoms with Gasteiger partial charge in [0.25, 0.3) is 0 Å². The molecule has 0 N–H and O–H groups in total. The summed E-state index contributed by atoms with van der Waals surface area (Å²) >= 11 is 0. The third-order valence-electron chi connectivity index (χ3n) is 5.59. The van der Waals surface area contributed by atoms with E-state index in [-0.39, 0.29) is 11.7 Å². The molecule has 0 bridgehead atoms. The Morgan fingerprint density at radius 2 is 1.88 bits per heavy atom. The summed E-state index contributed by atoms with van der Waals surface area (Å²) in [7, 11) is 5.86. The molecule has 0 unspecified atom stereocenters. The van der Waals surface area contributed by atoms with Crippen LogP contribution in [-0.2, 0) is 18.4 Å². The SMILES string of the molecule is CC(C)n1c(=O)n(C)c2nnc3ccc(-c4ccc(COCCCN(C)C)nc4)cc3c21. The zero-order valence-electron chi connectivity index (χ0n) is 19.4. The van der Waals surface area contributed by atoms with E-state index in [0.717, 1.165) is 52.8 Å². The number of ether oxygens (including phenoxy) is 1. The fourth-order valence-electron chi connectivity index (χ4n) is 3.89. The number of fused-ring (bicyclic) bond motifs is 3. The molecule has 0 aliphatic rings. The number of pyridine rings is 1. The van der Waals surface area contributed by atoms with Crippen LogP contribution in [0.4, 0.5) is 0 Å². The zero-order chi connectivity index (χ0) is 22.8. The van der Waals surface area contributed by atoms with Gasteiger partial charge in [0.2, 0.25) is 0 Å². The van der Waals surface area contributed by atoms with Crippen molar-refractivity contribution in [3.63, 3.8) is 0 Å². The second-order valence-electron chi connectivity index (χ2n) is 8.66. The van der Waals surface area contributed by atoms with Gasteiger partial charge < -0.3 is 9.64 Å². The minimum absolute atomic E-state index is 0.0148. The van der Waals surface area contributed by atoms with Crippen molar-refractivity contribution in [2.24, 2.45) is 7.05 Å². The molecule has 0 saturated heterocycles. The first-order valence-corrected chi connectivity index (χ1v) is 10.9. The molecule has 0 atom stereocenters. The number of imidazole rings is 1. The van der Waals surface area contributed by atoms with E-state index >= 15 is 0 Å². The quantitative estimate of drug-likeness (QED) is 0.396. The minimum Gasteiger partial charge on any atom is -0.375 e. The highest BCUT2D eigenvalue weighted by Crippen LogP contribution is 2.28. The van der Waals surface area contributed by atoms with Crippen molar-refractivity contribution < 1.29 is 4.74 Å². The Bertz CT molecular complexity index is 1290. The topological polar surface area (TPSA) is 78.1 Å². The van der Waals surface area contributed by atoms with Crippen LogP contribution in [0.15, 0.2) is 41.3 Å². The van der Waals surface area contributed by atoms with Crippen LogP contribution < -0.4 is 5.69 Å². The lowest BCUT2D eigenvalue weighted by molar-refractivity contribution is 0.110. The van der Waals surface area contributed by atoms with Crippen molar-refractivity contribution in [3.8, 4) is 11.1 Å². The van der Waals surface area contributed by atoms with Gasteiger partial charge in [-0.15, -0.1) is 10.2 Å². The van der Waals surface area contributed by atoms with Crippen molar-refractivity contribution in [1.29, 1.82) is 0 Å². The highest BCUT2D eigenvalue weighted by molar-refractivity contribution is 6.02. The number of aryl methyl sites for hydroxylation is 1. The Morgan fingerprint density at radius 1 is 1.09 bits per heavy atom. The molecule has 3 aromatic heterocycles. The molecule has 3 heterocycles. The van der Waals surface area contributed by atoms with E-state index in [4.69, 9.17) is 4.74 Å². The van der Waals surface area contributed by atoms with Gasteiger partial charge in [-0.2, -0.15) is 0 Å². The van der Waals surface area contributed by atoms with Crippen LogP contribution in [0, 0.1) is 0 Å². The van der Waals surface area contributed by atoms with Crippen LogP contribution >= 0.6 is 0 Å². The summed E-state index contributed by atoms with van der Waals surface area (Å²) in [6.45, 7) is 6.24. The summed E-state index contributed by atoms with van der Waals surface area (Å²) in [5.74, 6) is 0. The van der Waals surface area contributed by atoms with Crippen molar-refractivity contribution in [2.75, 3.05) is 27.2 Å². The first kappa shape index (κ1) is 22.1. The average Bonchev–Trinajstić information content (AvgIpc) is 3.04. The maximum absolute atomic E-state index is 12.8. The highest BCUT2D eigenvalue weighted by atomic mass is 16.5. The lowest BCUT2D eigenvalue weighted by Gasteiger charge is -2.10. The number of benzene rings is 1. The second kappa shape index (κ2) is 9.18. The van der Waals surface area contributed by atoms with Gasteiger partial charge in [-0.1, -0.05) is 12.1 Å². The summed E-state index contributed by atoms with van der Waals surface area (Å²) in [5, 5.41) is 9.54. The smallest absolute Gasteiger partial charge is 0.330 e. The van der Waals surface area contributed by atoms with E-state index in [1.807, 2.05) is 38.2 Å². The molecule has 1 aromatic carbocycles. The fourth-order valence-corrected chi connectivity index (χ4v) is 3.89. The Hall–Kier alpha value is -3.10. The lowest BCUT2D eigenvalue weighted by atomic mass is 10.0. The van der Waals surface area contributed by atoms with Crippen LogP contribution in [0.25, 0.3) is 33.2 Å². The maximum atomic E-state index is 12.8. The first-order chi connectivity index (χ1) is 15.4. The van der Waals surface area contributed by atoms with E-state index in [9.17, 15) is 4.79 Å². The van der Waals surface area contributed by atoms with Crippen LogP contribution in [0.3, 0.4) is 0 Å². The lowest BCUT2D eigenvalue weighted by Crippen LogP contribution is -2.23. The molecule has 0 radical (unpaired) electrons. The normalized spacial score (nSPS) is 12.0. The number of aromatic nitrogens is 5. The predicted octanol–water partition coefficient (Wildman–Crippen LogP) is 3.39. The summed E-state index contributed by atoms with van der Waals surface area (Å²) in [5.41, 5.74) is 5.01. The molecule has 0 spiro atoms. The number of nitrogens with zero attached hydrogens (tertiary/aromatic N) is 6. The molecule has 0 saturated carbocycles. The van der Waals surface area contributed by atoms with Gasteiger partial charge in [-0.25, -0.2) is 4.79 Å². The molecule has 0 aliphatic heterocycles. The standard InChI is InChI=1S/C24H30N6O2/c1-16(2)30-22-20-13-17(8-10-21(20)26-27-23(22)29(5)24(30)31)18-7-9-19(25-14-18)15-32-12-6-11-28(3)4/h7-10,13-14,16H,6,11-12,15H2,1-5H3. The molecular formula is C24H30N6O2. The largest absolute Gasteiger partial charge is 0.375 e. The highest BCUT2D eigenvalue weighted by Gasteiger charge is 2.18. The third kappa shape index (κ3) is 4.28. The molecule has 8 heteroatoms. The molecule has 0 fully saturated rings. The molecule has 168 valence electrons. The average molecular weight is 435 g/mol. The summed E-state index contributed by atoms with van der Waals surface area (Å²) in [6, 6.07) is 10.1. The van der Waals surface area contributed by atoms with Crippen LogP contribution in [0.2, 0.25) is 0 Å². The van der Waals surface area contributed by atoms with E-state index in [1.54, 1.807) is 16.2 Å². The summed E-state index contributed by atoms with van der Waals surface area (Å²) in [4.78, 5) is 19.5. The van der Waals surface area contributed by atoms with Gasteiger partial charge in [0, 0.05) is 36.8 Å². The first-order valence-electron chi connectivity index (χ1n) is 10.9. The molecule has 4 rings (SSSR count). The Kier molecular flexibility index (Phi) is 6.34. The van der Waals surface area contributed by atoms with E-state index in [0.29, 0.717) is 12.3 Å². The third-order valence-corrected chi connectivity index (χ3v) is 5.59. The van der Waals surface area contributed by atoms with Crippen molar-refractivity contribution in [1.82, 2.24) is 29.2 Å².